The SMILES string of the molecule is COCCNC(=O)CNC(=O)c1csc(Nc2cc(Cl)ccc2C)n1. The number of thiazole rings is 1. The number of aryl methyl sites for hydroxylation is 1. The third-order valence-corrected chi connectivity index (χ3v) is 4.21. The van der Waals surface area contributed by atoms with Crippen LogP contribution in [0, 0.1) is 6.92 Å². The van der Waals surface area contributed by atoms with Gasteiger partial charge in [0.25, 0.3) is 5.91 Å². The first kappa shape index (κ1) is 19.2. The summed E-state index contributed by atoms with van der Waals surface area (Å²) in [6.45, 7) is 2.65. The molecule has 0 aliphatic carbocycles. The first-order chi connectivity index (χ1) is 12.0. The van der Waals surface area contributed by atoms with Gasteiger partial charge in [0.15, 0.2) is 5.13 Å². The van der Waals surface area contributed by atoms with E-state index in [0.717, 1.165) is 11.3 Å². The fraction of sp³-hybridized carbons (Fsp3) is 0.312. The molecule has 2 rings (SSSR count). The molecule has 7 nitrogen and oxygen atoms in total. The summed E-state index contributed by atoms with van der Waals surface area (Å²) in [5, 5.41) is 11.1. The Labute approximate surface area is 154 Å². The van der Waals surface area contributed by atoms with E-state index in [1.807, 2.05) is 13.0 Å². The number of nitrogens with one attached hydrogen (secondary N) is 3. The number of anilines is 2. The summed E-state index contributed by atoms with van der Waals surface area (Å²) < 4.78 is 4.83. The predicted molar refractivity (Wildman–Crippen MR) is 98.8 cm³/mol. The molecule has 0 saturated heterocycles. The fourth-order valence-corrected chi connectivity index (χ4v) is 2.76. The summed E-state index contributed by atoms with van der Waals surface area (Å²) in [7, 11) is 1.55. The maximum absolute atomic E-state index is 12.0. The molecular formula is C16H19ClN4O3S. The lowest BCUT2D eigenvalue weighted by Gasteiger charge is -2.07. The van der Waals surface area contributed by atoms with Crippen LogP contribution in [0.2, 0.25) is 5.02 Å². The molecule has 2 amide bonds. The topological polar surface area (TPSA) is 92.4 Å². The zero-order valence-electron chi connectivity index (χ0n) is 13.9. The van der Waals surface area contributed by atoms with Crippen molar-refractivity contribution in [3.8, 4) is 0 Å². The van der Waals surface area contributed by atoms with Gasteiger partial charge in [-0.1, -0.05) is 17.7 Å². The maximum atomic E-state index is 12.0. The van der Waals surface area contributed by atoms with Gasteiger partial charge in [-0.25, -0.2) is 4.98 Å². The molecule has 1 aromatic heterocycles. The van der Waals surface area contributed by atoms with E-state index < -0.39 is 5.91 Å². The van der Waals surface area contributed by atoms with Gasteiger partial charge in [0.05, 0.1) is 13.2 Å². The summed E-state index contributed by atoms with van der Waals surface area (Å²) in [5.74, 6) is -0.692. The van der Waals surface area contributed by atoms with Gasteiger partial charge in [0.1, 0.15) is 5.69 Å². The summed E-state index contributed by atoms with van der Waals surface area (Å²) in [5.41, 5.74) is 2.08. The van der Waals surface area contributed by atoms with Crippen LogP contribution < -0.4 is 16.0 Å². The molecule has 134 valence electrons. The number of methoxy groups -OCH3 is 1. The van der Waals surface area contributed by atoms with E-state index in [2.05, 4.69) is 20.9 Å². The highest BCUT2D eigenvalue weighted by Gasteiger charge is 2.12. The molecule has 25 heavy (non-hydrogen) atoms. The number of hydrogen-bond donors (Lipinski definition) is 3. The Kier molecular flexibility index (Phi) is 7.17. The average Bonchev–Trinajstić information content (AvgIpc) is 3.05. The van der Waals surface area contributed by atoms with E-state index in [1.165, 1.54) is 11.3 Å². The highest BCUT2D eigenvalue weighted by molar-refractivity contribution is 7.14. The number of carbonyl (C=O) groups excluding carboxylic acids is 2. The monoisotopic (exact) mass is 382 g/mol. The van der Waals surface area contributed by atoms with Gasteiger partial charge in [0.2, 0.25) is 5.91 Å². The number of carbonyl (C=O) groups is 2. The van der Waals surface area contributed by atoms with Crippen LogP contribution in [0.3, 0.4) is 0 Å². The van der Waals surface area contributed by atoms with Crippen LogP contribution in [-0.2, 0) is 9.53 Å². The molecule has 0 unspecified atom stereocenters. The number of hydrogen-bond acceptors (Lipinski definition) is 6. The summed E-state index contributed by atoms with van der Waals surface area (Å²) in [4.78, 5) is 27.8. The van der Waals surface area contributed by atoms with E-state index in [0.29, 0.717) is 23.3 Å². The average molecular weight is 383 g/mol. The van der Waals surface area contributed by atoms with Crippen molar-refractivity contribution in [3.63, 3.8) is 0 Å². The van der Waals surface area contributed by atoms with Crippen LogP contribution in [0.25, 0.3) is 0 Å². The van der Waals surface area contributed by atoms with E-state index >= 15 is 0 Å². The van der Waals surface area contributed by atoms with Gasteiger partial charge in [-0.15, -0.1) is 11.3 Å². The van der Waals surface area contributed by atoms with Crippen molar-refractivity contribution in [3.05, 3.63) is 39.9 Å². The molecular weight excluding hydrogens is 364 g/mol. The van der Waals surface area contributed by atoms with Crippen molar-refractivity contribution in [2.24, 2.45) is 0 Å². The van der Waals surface area contributed by atoms with Crippen LogP contribution in [0.4, 0.5) is 10.8 Å². The number of amides is 2. The fourth-order valence-electron chi connectivity index (χ4n) is 1.89. The van der Waals surface area contributed by atoms with Gasteiger partial charge < -0.3 is 20.7 Å². The van der Waals surface area contributed by atoms with Crippen LogP contribution in [-0.4, -0.2) is 43.6 Å². The number of aromatic nitrogens is 1. The lowest BCUT2D eigenvalue weighted by Crippen LogP contribution is -2.38. The standard InChI is InChI=1S/C16H19ClN4O3S/c1-10-3-4-11(17)7-12(10)20-16-21-13(9-25-16)15(23)19-8-14(22)18-5-6-24-2/h3-4,7,9H,5-6,8H2,1-2H3,(H,18,22)(H,19,23)(H,20,21). The molecule has 0 fully saturated rings. The normalized spacial score (nSPS) is 10.4. The van der Waals surface area contributed by atoms with Gasteiger partial charge in [-0.05, 0) is 24.6 Å². The summed E-state index contributed by atoms with van der Waals surface area (Å²) in [6, 6.07) is 5.50. The van der Waals surface area contributed by atoms with Crippen molar-refractivity contribution < 1.29 is 14.3 Å². The quantitative estimate of drug-likeness (QED) is 0.609. The van der Waals surface area contributed by atoms with Gasteiger partial charge in [0, 0.05) is 29.7 Å². The Morgan fingerprint density at radius 2 is 2.12 bits per heavy atom. The predicted octanol–water partition coefficient (Wildman–Crippen LogP) is 2.34. The zero-order chi connectivity index (χ0) is 18.2. The molecule has 0 radical (unpaired) electrons. The Morgan fingerprint density at radius 3 is 2.88 bits per heavy atom. The smallest absolute Gasteiger partial charge is 0.271 e. The number of nitrogens with zero attached hydrogens (tertiary/aromatic N) is 1. The minimum absolute atomic E-state index is 0.115. The molecule has 1 heterocycles. The number of ether oxygens (including phenoxy) is 1. The molecule has 0 saturated carbocycles. The van der Waals surface area contributed by atoms with E-state index in [-0.39, 0.29) is 18.1 Å². The van der Waals surface area contributed by atoms with E-state index in [1.54, 1.807) is 24.6 Å². The first-order valence-electron chi connectivity index (χ1n) is 7.52. The van der Waals surface area contributed by atoms with Gasteiger partial charge in [-0.2, -0.15) is 0 Å². The highest BCUT2D eigenvalue weighted by Crippen LogP contribution is 2.26. The molecule has 9 heteroatoms. The molecule has 0 atom stereocenters. The van der Waals surface area contributed by atoms with Crippen molar-refractivity contribution in [2.75, 3.05) is 32.1 Å². The molecule has 2 aromatic rings. The lowest BCUT2D eigenvalue weighted by atomic mass is 10.2. The molecule has 1 aromatic carbocycles. The first-order valence-corrected chi connectivity index (χ1v) is 8.78. The molecule has 0 spiro atoms. The second-order valence-electron chi connectivity index (χ2n) is 5.15. The molecule has 0 bridgehead atoms. The van der Waals surface area contributed by atoms with Crippen LogP contribution >= 0.6 is 22.9 Å². The lowest BCUT2D eigenvalue weighted by molar-refractivity contribution is -0.120. The third-order valence-electron chi connectivity index (χ3n) is 3.22. The second kappa shape index (κ2) is 9.36. The summed E-state index contributed by atoms with van der Waals surface area (Å²) >= 11 is 7.28. The maximum Gasteiger partial charge on any atom is 0.271 e. The Morgan fingerprint density at radius 1 is 1.32 bits per heavy atom. The molecule has 0 aliphatic rings. The minimum atomic E-state index is -0.408. The zero-order valence-corrected chi connectivity index (χ0v) is 15.5. The second-order valence-corrected chi connectivity index (χ2v) is 6.44. The van der Waals surface area contributed by atoms with Crippen LogP contribution in [0.15, 0.2) is 23.6 Å². The Hall–Kier alpha value is -2.16. The highest BCUT2D eigenvalue weighted by atomic mass is 35.5. The van der Waals surface area contributed by atoms with Crippen molar-refractivity contribution in [2.45, 2.75) is 6.92 Å². The minimum Gasteiger partial charge on any atom is -0.383 e. The Bertz CT molecular complexity index is 751. The van der Waals surface area contributed by atoms with Crippen LogP contribution in [0.1, 0.15) is 16.1 Å². The summed E-state index contributed by atoms with van der Waals surface area (Å²) in [6.07, 6.45) is 0. The third kappa shape index (κ3) is 6.00. The van der Waals surface area contributed by atoms with Gasteiger partial charge >= 0.3 is 0 Å². The van der Waals surface area contributed by atoms with Crippen molar-refractivity contribution in [1.82, 2.24) is 15.6 Å². The Balaban J connectivity index is 1.88. The van der Waals surface area contributed by atoms with Crippen molar-refractivity contribution in [1.29, 1.82) is 0 Å². The van der Waals surface area contributed by atoms with Gasteiger partial charge in [-0.3, -0.25) is 9.59 Å². The number of halogens is 1. The molecule has 0 aliphatic heterocycles. The van der Waals surface area contributed by atoms with E-state index in [9.17, 15) is 9.59 Å². The van der Waals surface area contributed by atoms with E-state index in [4.69, 9.17) is 16.3 Å². The largest absolute Gasteiger partial charge is 0.383 e. The number of rotatable bonds is 8. The molecule has 3 N–H and O–H groups in total. The number of benzene rings is 1. The van der Waals surface area contributed by atoms with Crippen molar-refractivity contribution >= 4 is 45.6 Å². The van der Waals surface area contributed by atoms with Crippen LogP contribution in [0.5, 0.6) is 0 Å².